The Bertz CT molecular complexity index is 591. The first-order valence-electron chi connectivity index (χ1n) is 7.19. The molecule has 0 bridgehead atoms. The molecule has 0 atom stereocenters. The van der Waals surface area contributed by atoms with Gasteiger partial charge in [-0.3, -0.25) is 0 Å². The molecule has 2 aromatic carbocycles. The molecule has 1 heteroatoms. The summed E-state index contributed by atoms with van der Waals surface area (Å²) >= 11 is 0. The van der Waals surface area contributed by atoms with E-state index in [9.17, 15) is 4.39 Å². The minimum Gasteiger partial charge on any atom is -0.212 e. The van der Waals surface area contributed by atoms with Crippen LogP contribution in [0, 0.1) is 5.92 Å². The van der Waals surface area contributed by atoms with Gasteiger partial charge >= 0.3 is 0 Å². The van der Waals surface area contributed by atoms with E-state index < -0.39 is 0 Å². The second-order valence-electron chi connectivity index (χ2n) is 5.47. The van der Waals surface area contributed by atoms with Gasteiger partial charge in [0.1, 0.15) is 5.83 Å². The van der Waals surface area contributed by atoms with Crippen LogP contribution in [0.4, 0.5) is 4.39 Å². The molecule has 1 fully saturated rings. The van der Waals surface area contributed by atoms with E-state index in [0.717, 1.165) is 18.4 Å². The van der Waals surface area contributed by atoms with Gasteiger partial charge in [-0.05, 0) is 41.3 Å². The average Bonchev–Trinajstić information content (AvgIpc) is 2.48. The first-order valence-corrected chi connectivity index (χ1v) is 7.19. The predicted octanol–water partition coefficient (Wildman–Crippen LogP) is 5.73. The molecule has 0 N–H and O–H groups in total. The molecule has 0 aromatic heterocycles. The minimum atomic E-state index is 0.0648. The predicted molar refractivity (Wildman–Crippen MR) is 79.6 cm³/mol. The van der Waals surface area contributed by atoms with Gasteiger partial charge in [-0.1, -0.05) is 55.7 Å². The highest BCUT2D eigenvalue weighted by molar-refractivity contribution is 5.84. The van der Waals surface area contributed by atoms with Gasteiger partial charge < -0.3 is 0 Å². The van der Waals surface area contributed by atoms with E-state index in [1.165, 1.54) is 30.0 Å². The summed E-state index contributed by atoms with van der Waals surface area (Å²) < 4.78 is 14.2. The van der Waals surface area contributed by atoms with Crippen molar-refractivity contribution in [3.05, 3.63) is 53.9 Å². The van der Waals surface area contributed by atoms with E-state index in [4.69, 9.17) is 0 Å². The maximum Gasteiger partial charge on any atom is 0.104 e. The maximum atomic E-state index is 14.2. The molecular formula is C18H19F. The zero-order valence-corrected chi connectivity index (χ0v) is 11.1. The smallest absolute Gasteiger partial charge is 0.104 e. The summed E-state index contributed by atoms with van der Waals surface area (Å²) in [5.41, 5.74) is 0.974. The van der Waals surface area contributed by atoms with E-state index in [1.54, 1.807) is 6.08 Å². The topological polar surface area (TPSA) is 0 Å². The fraction of sp³-hybridized carbons (Fsp3) is 0.333. The Hall–Kier alpha value is -1.63. The number of hydrogen-bond donors (Lipinski definition) is 0. The third-order valence-electron chi connectivity index (χ3n) is 4.07. The van der Waals surface area contributed by atoms with Gasteiger partial charge in [-0.25, -0.2) is 4.39 Å². The molecule has 19 heavy (non-hydrogen) atoms. The largest absolute Gasteiger partial charge is 0.212 e. The summed E-state index contributed by atoms with van der Waals surface area (Å²) in [6.45, 7) is 0. The fourth-order valence-corrected chi connectivity index (χ4v) is 2.95. The lowest BCUT2D eigenvalue weighted by Gasteiger charge is -2.19. The molecule has 1 saturated carbocycles. The van der Waals surface area contributed by atoms with Gasteiger partial charge in [0.15, 0.2) is 0 Å². The SMILES string of the molecule is F/C(=C\c1ccc2ccccc2c1)C1CCCCC1. The van der Waals surface area contributed by atoms with Gasteiger partial charge in [0.2, 0.25) is 0 Å². The maximum absolute atomic E-state index is 14.2. The number of allylic oxidation sites excluding steroid dienone is 1. The first kappa shape index (κ1) is 12.4. The van der Waals surface area contributed by atoms with Crippen molar-refractivity contribution in [2.75, 3.05) is 0 Å². The van der Waals surface area contributed by atoms with Crippen LogP contribution in [0.2, 0.25) is 0 Å². The van der Waals surface area contributed by atoms with Crippen molar-refractivity contribution in [2.24, 2.45) is 5.92 Å². The Morgan fingerprint density at radius 3 is 2.47 bits per heavy atom. The summed E-state index contributed by atoms with van der Waals surface area (Å²) in [6.07, 6.45) is 7.35. The Balaban J connectivity index is 1.86. The Morgan fingerprint density at radius 2 is 1.68 bits per heavy atom. The van der Waals surface area contributed by atoms with Crippen LogP contribution >= 0.6 is 0 Å². The van der Waals surface area contributed by atoms with Crippen molar-refractivity contribution < 1.29 is 4.39 Å². The molecule has 0 heterocycles. The number of hydrogen-bond acceptors (Lipinski definition) is 0. The highest BCUT2D eigenvalue weighted by atomic mass is 19.1. The highest BCUT2D eigenvalue weighted by Crippen LogP contribution is 2.31. The van der Waals surface area contributed by atoms with Gasteiger partial charge in [0.05, 0.1) is 0 Å². The zero-order chi connectivity index (χ0) is 13.1. The molecule has 0 unspecified atom stereocenters. The summed E-state index contributed by atoms with van der Waals surface area (Å²) in [5.74, 6) is 0.218. The van der Waals surface area contributed by atoms with Crippen molar-refractivity contribution in [1.82, 2.24) is 0 Å². The molecule has 98 valence electrons. The van der Waals surface area contributed by atoms with Gasteiger partial charge in [0, 0.05) is 5.92 Å². The normalized spacial score (nSPS) is 17.8. The Morgan fingerprint density at radius 1 is 0.947 bits per heavy atom. The number of rotatable bonds is 2. The third kappa shape index (κ3) is 2.86. The summed E-state index contributed by atoms with van der Waals surface area (Å²) in [7, 11) is 0. The van der Waals surface area contributed by atoms with E-state index in [1.807, 2.05) is 18.2 Å². The molecule has 0 amide bonds. The lowest BCUT2D eigenvalue weighted by Crippen LogP contribution is -2.06. The van der Waals surface area contributed by atoms with E-state index in [2.05, 4.69) is 24.3 Å². The van der Waals surface area contributed by atoms with Crippen molar-refractivity contribution in [2.45, 2.75) is 32.1 Å². The van der Waals surface area contributed by atoms with Crippen molar-refractivity contribution >= 4 is 16.8 Å². The Labute approximate surface area is 114 Å². The van der Waals surface area contributed by atoms with Crippen LogP contribution in [-0.2, 0) is 0 Å². The van der Waals surface area contributed by atoms with Crippen molar-refractivity contribution in [1.29, 1.82) is 0 Å². The van der Waals surface area contributed by atoms with E-state index in [-0.39, 0.29) is 11.7 Å². The van der Waals surface area contributed by atoms with Gasteiger partial charge in [-0.2, -0.15) is 0 Å². The quantitative estimate of drug-likeness (QED) is 0.642. The molecule has 3 rings (SSSR count). The van der Waals surface area contributed by atoms with Crippen LogP contribution in [0.25, 0.3) is 16.8 Å². The first-order chi connectivity index (χ1) is 9.33. The summed E-state index contributed by atoms with van der Waals surface area (Å²) in [6, 6.07) is 14.3. The number of benzene rings is 2. The monoisotopic (exact) mass is 254 g/mol. The Kier molecular flexibility index (Phi) is 3.63. The second kappa shape index (κ2) is 5.56. The standard InChI is InChI=1S/C18H19F/c19-18(16-7-2-1-3-8-16)13-14-10-11-15-6-4-5-9-17(15)12-14/h4-6,9-13,16H,1-3,7-8H2/b18-13-. The van der Waals surface area contributed by atoms with Crippen LogP contribution in [0.15, 0.2) is 48.3 Å². The molecule has 0 spiro atoms. The highest BCUT2D eigenvalue weighted by Gasteiger charge is 2.17. The number of fused-ring (bicyclic) bond motifs is 1. The fourth-order valence-electron chi connectivity index (χ4n) is 2.95. The molecule has 0 aliphatic heterocycles. The van der Waals surface area contributed by atoms with Crippen molar-refractivity contribution in [3.63, 3.8) is 0 Å². The molecule has 1 aliphatic rings. The minimum absolute atomic E-state index is 0.0648. The summed E-state index contributed by atoms with van der Waals surface area (Å²) in [5, 5.41) is 2.38. The third-order valence-corrected chi connectivity index (χ3v) is 4.07. The van der Waals surface area contributed by atoms with Crippen LogP contribution in [0.5, 0.6) is 0 Å². The number of halogens is 1. The van der Waals surface area contributed by atoms with E-state index in [0.29, 0.717) is 0 Å². The molecule has 0 nitrogen and oxygen atoms in total. The molecule has 0 saturated heterocycles. The van der Waals surface area contributed by atoms with E-state index >= 15 is 0 Å². The summed E-state index contributed by atoms with van der Waals surface area (Å²) in [4.78, 5) is 0. The average molecular weight is 254 g/mol. The van der Waals surface area contributed by atoms with Crippen LogP contribution < -0.4 is 0 Å². The zero-order valence-electron chi connectivity index (χ0n) is 11.1. The van der Waals surface area contributed by atoms with Gasteiger partial charge in [-0.15, -0.1) is 0 Å². The molecule has 1 aliphatic carbocycles. The molecular weight excluding hydrogens is 235 g/mol. The van der Waals surface area contributed by atoms with Gasteiger partial charge in [0.25, 0.3) is 0 Å². The molecule has 2 aromatic rings. The van der Waals surface area contributed by atoms with Crippen molar-refractivity contribution in [3.8, 4) is 0 Å². The van der Waals surface area contributed by atoms with Crippen LogP contribution in [0.1, 0.15) is 37.7 Å². The van der Waals surface area contributed by atoms with Crippen LogP contribution in [-0.4, -0.2) is 0 Å². The molecule has 0 radical (unpaired) electrons. The van der Waals surface area contributed by atoms with Crippen LogP contribution in [0.3, 0.4) is 0 Å². The lowest BCUT2D eigenvalue weighted by atomic mass is 9.88. The lowest BCUT2D eigenvalue weighted by molar-refractivity contribution is 0.351. The second-order valence-corrected chi connectivity index (χ2v) is 5.47.